The molecule has 0 amide bonds. The van der Waals surface area contributed by atoms with Gasteiger partial charge in [-0.2, -0.15) is 0 Å². The van der Waals surface area contributed by atoms with Gasteiger partial charge in [0.1, 0.15) is 0 Å². The fraction of sp³-hybridized carbons (Fsp3) is 0.294. The number of hydrogen-bond acceptors (Lipinski definition) is 2. The number of sulfonamides is 1. The highest BCUT2D eigenvalue weighted by atomic mass is 32.2. The molecule has 0 aromatic heterocycles. The first-order valence-corrected chi connectivity index (χ1v) is 8.72. The Hall–Kier alpha value is -1.65. The van der Waals surface area contributed by atoms with Crippen LogP contribution in [0.1, 0.15) is 24.5 Å². The Morgan fingerprint density at radius 1 is 0.857 bits per heavy atom. The van der Waals surface area contributed by atoms with Crippen LogP contribution in [0, 0.1) is 0 Å². The molecule has 3 nitrogen and oxygen atoms in total. The number of hydrogen-bond donors (Lipinski definition) is 1. The second kappa shape index (κ2) is 7.38. The second-order valence-corrected chi connectivity index (χ2v) is 6.79. The van der Waals surface area contributed by atoms with Crippen molar-refractivity contribution in [3.8, 4) is 0 Å². The van der Waals surface area contributed by atoms with Crippen LogP contribution in [0.5, 0.6) is 0 Å². The Balaban J connectivity index is 1.89. The molecule has 21 heavy (non-hydrogen) atoms. The van der Waals surface area contributed by atoms with E-state index in [0.29, 0.717) is 17.9 Å². The quantitative estimate of drug-likeness (QED) is 0.854. The Kier molecular flexibility index (Phi) is 5.53. The Bertz CT molecular complexity index is 649. The van der Waals surface area contributed by atoms with Crippen LogP contribution in [0.3, 0.4) is 0 Å². The molecule has 0 aliphatic rings. The van der Waals surface area contributed by atoms with Crippen LogP contribution in [0.2, 0.25) is 0 Å². The lowest BCUT2D eigenvalue weighted by atomic mass is 10.1. The second-order valence-electron chi connectivity index (χ2n) is 5.03. The summed E-state index contributed by atoms with van der Waals surface area (Å²) < 4.78 is 26.7. The van der Waals surface area contributed by atoms with Crippen LogP contribution >= 0.6 is 0 Å². The minimum absolute atomic E-state index is 0.309. The number of nitrogens with one attached hydrogen (secondary N) is 1. The summed E-state index contributed by atoms with van der Waals surface area (Å²) in [5.41, 5.74) is 2.47. The van der Waals surface area contributed by atoms with E-state index in [2.05, 4.69) is 35.9 Å². The molecule has 2 aromatic rings. The summed E-state index contributed by atoms with van der Waals surface area (Å²) in [5, 5.41) is 0. The molecule has 0 radical (unpaired) electrons. The van der Waals surface area contributed by atoms with E-state index in [4.69, 9.17) is 0 Å². The van der Waals surface area contributed by atoms with Gasteiger partial charge in [0.2, 0.25) is 10.0 Å². The number of aryl methyl sites for hydroxylation is 1. The maximum Gasteiger partial charge on any atom is 0.240 e. The van der Waals surface area contributed by atoms with Crippen LogP contribution in [-0.2, 0) is 22.9 Å². The van der Waals surface area contributed by atoms with E-state index >= 15 is 0 Å². The molecule has 0 unspecified atom stereocenters. The molecule has 1 N–H and O–H groups in total. The molecule has 4 heteroatoms. The maximum absolute atomic E-state index is 12.1. The van der Waals surface area contributed by atoms with Gasteiger partial charge in [0, 0.05) is 6.54 Å². The molecule has 0 atom stereocenters. The van der Waals surface area contributed by atoms with Gasteiger partial charge in [-0.1, -0.05) is 55.8 Å². The minimum Gasteiger partial charge on any atom is -0.211 e. The molecule has 112 valence electrons. The number of rotatable bonds is 7. The summed E-state index contributed by atoms with van der Waals surface area (Å²) in [5.74, 6) is 0. The predicted octanol–water partition coefficient (Wildman–Crippen LogP) is 3.16. The standard InChI is InChI=1S/C17H21NO2S/c1-2-6-15-9-11-16(12-10-15)13-14-18-21(19,20)17-7-4-3-5-8-17/h3-5,7-12,18H,2,6,13-14H2,1H3. The van der Waals surface area contributed by atoms with Gasteiger partial charge >= 0.3 is 0 Å². The lowest BCUT2D eigenvalue weighted by Gasteiger charge is -2.07. The molecule has 0 spiro atoms. The molecule has 0 aliphatic carbocycles. The van der Waals surface area contributed by atoms with Crippen molar-refractivity contribution in [3.05, 3.63) is 65.7 Å². The fourth-order valence-corrected chi connectivity index (χ4v) is 3.23. The smallest absolute Gasteiger partial charge is 0.211 e. The average Bonchev–Trinajstić information content (AvgIpc) is 2.50. The van der Waals surface area contributed by atoms with E-state index in [1.807, 2.05) is 0 Å². The summed E-state index contributed by atoms with van der Waals surface area (Å²) >= 11 is 0. The van der Waals surface area contributed by atoms with Crippen molar-refractivity contribution in [2.75, 3.05) is 6.54 Å². The molecular formula is C17H21NO2S. The van der Waals surface area contributed by atoms with Gasteiger partial charge in [-0.3, -0.25) is 0 Å². The van der Waals surface area contributed by atoms with Crippen LogP contribution in [0.15, 0.2) is 59.5 Å². The van der Waals surface area contributed by atoms with Crippen molar-refractivity contribution in [1.82, 2.24) is 4.72 Å². The van der Waals surface area contributed by atoms with E-state index in [0.717, 1.165) is 18.4 Å². The van der Waals surface area contributed by atoms with E-state index in [1.165, 1.54) is 5.56 Å². The summed E-state index contributed by atoms with van der Waals surface area (Å²) in [6.45, 7) is 2.57. The maximum atomic E-state index is 12.1. The van der Waals surface area contributed by atoms with Gasteiger partial charge in [-0.15, -0.1) is 0 Å². The molecule has 0 aliphatic heterocycles. The average molecular weight is 303 g/mol. The third-order valence-electron chi connectivity index (χ3n) is 3.32. The summed E-state index contributed by atoms with van der Waals surface area (Å²) in [6.07, 6.45) is 2.91. The monoisotopic (exact) mass is 303 g/mol. The molecule has 0 fully saturated rings. The SMILES string of the molecule is CCCc1ccc(CCNS(=O)(=O)c2ccccc2)cc1. The van der Waals surface area contributed by atoms with Crippen LogP contribution < -0.4 is 4.72 Å². The Labute approximate surface area is 127 Å². The Morgan fingerprint density at radius 2 is 1.43 bits per heavy atom. The van der Waals surface area contributed by atoms with Crippen molar-refractivity contribution in [1.29, 1.82) is 0 Å². The van der Waals surface area contributed by atoms with E-state index in [-0.39, 0.29) is 0 Å². The molecule has 0 saturated carbocycles. The minimum atomic E-state index is -3.40. The van der Waals surface area contributed by atoms with Gasteiger partial charge < -0.3 is 0 Å². The first kappa shape index (κ1) is 15.7. The summed E-state index contributed by atoms with van der Waals surface area (Å²) in [4.78, 5) is 0.309. The molecular weight excluding hydrogens is 282 g/mol. The van der Waals surface area contributed by atoms with Crippen molar-refractivity contribution < 1.29 is 8.42 Å². The van der Waals surface area contributed by atoms with Crippen molar-refractivity contribution in [2.24, 2.45) is 0 Å². The molecule has 0 bridgehead atoms. The van der Waals surface area contributed by atoms with Crippen molar-refractivity contribution in [2.45, 2.75) is 31.1 Å². The topological polar surface area (TPSA) is 46.2 Å². The summed E-state index contributed by atoms with van der Waals surface area (Å²) in [6, 6.07) is 16.8. The normalized spacial score (nSPS) is 11.5. The van der Waals surface area contributed by atoms with Gasteiger partial charge in [0.15, 0.2) is 0 Å². The summed E-state index contributed by atoms with van der Waals surface area (Å²) in [7, 11) is -3.40. The van der Waals surface area contributed by atoms with E-state index < -0.39 is 10.0 Å². The van der Waals surface area contributed by atoms with E-state index in [1.54, 1.807) is 30.3 Å². The van der Waals surface area contributed by atoms with Crippen molar-refractivity contribution >= 4 is 10.0 Å². The third kappa shape index (κ3) is 4.69. The highest BCUT2D eigenvalue weighted by Crippen LogP contribution is 2.09. The highest BCUT2D eigenvalue weighted by Gasteiger charge is 2.11. The zero-order chi connectivity index (χ0) is 15.1. The van der Waals surface area contributed by atoms with E-state index in [9.17, 15) is 8.42 Å². The molecule has 0 saturated heterocycles. The van der Waals surface area contributed by atoms with Crippen molar-refractivity contribution in [3.63, 3.8) is 0 Å². The lowest BCUT2D eigenvalue weighted by molar-refractivity contribution is 0.581. The highest BCUT2D eigenvalue weighted by molar-refractivity contribution is 7.89. The predicted molar refractivity (Wildman–Crippen MR) is 85.8 cm³/mol. The van der Waals surface area contributed by atoms with Gasteiger partial charge in [-0.25, -0.2) is 13.1 Å². The zero-order valence-corrected chi connectivity index (χ0v) is 13.1. The zero-order valence-electron chi connectivity index (χ0n) is 12.2. The van der Waals surface area contributed by atoms with Crippen LogP contribution in [0.4, 0.5) is 0 Å². The number of benzene rings is 2. The van der Waals surface area contributed by atoms with Gasteiger partial charge in [0.25, 0.3) is 0 Å². The fourth-order valence-electron chi connectivity index (χ4n) is 2.17. The third-order valence-corrected chi connectivity index (χ3v) is 4.80. The van der Waals surface area contributed by atoms with Crippen LogP contribution in [-0.4, -0.2) is 15.0 Å². The lowest BCUT2D eigenvalue weighted by Crippen LogP contribution is -2.25. The largest absolute Gasteiger partial charge is 0.240 e. The van der Waals surface area contributed by atoms with Gasteiger partial charge in [0.05, 0.1) is 4.90 Å². The first-order valence-electron chi connectivity index (χ1n) is 7.24. The molecule has 0 heterocycles. The first-order chi connectivity index (χ1) is 10.1. The molecule has 2 aromatic carbocycles. The van der Waals surface area contributed by atoms with Crippen LogP contribution in [0.25, 0.3) is 0 Å². The molecule has 2 rings (SSSR count). The van der Waals surface area contributed by atoms with Gasteiger partial charge in [-0.05, 0) is 36.1 Å². The Morgan fingerprint density at radius 3 is 2.00 bits per heavy atom.